The lowest BCUT2D eigenvalue weighted by molar-refractivity contribution is -0.0364. The minimum Gasteiger partial charge on any atom is -0.379 e. The van der Waals surface area contributed by atoms with Crippen molar-refractivity contribution >= 4 is 0 Å². The van der Waals surface area contributed by atoms with Crippen LogP contribution in [-0.4, -0.2) is 32.2 Å². The Bertz CT molecular complexity index is 98.9. The fourth-order valence-electron chi connectivity index (χ4n) is 0.997. The summed E-state index contributed by atoms with van der Waals surface area (Å²) in [5.74, 6) is -0.212. The van der Waals surface area contributed by atoms with Crippen LogP contribution in [-0.2, 0) is 14.2 Å². The second kappa shape index (κ2) is 1.94. The van der Waals surface area contributed by atoms with E-state index in [-0.39, 0.29) is 5.79 Å². The molecular formula is C6H10O3. The molecule has 0 amide bonds. The second-order valence-corrected chi connectivity index (χ2v) is 2.41. The molecule has 2 aliphatic heterocycles. The smallest absolute Gasteiger partial charge is 0.194 e. The summed E-state index contributed by atoms with van der Waals surface area (Å²) in [6, 6.07) is 0. The van der Waals surface area contributed by atoms with Gasteiger partial charge < -0.3 is 14.2 Å². The molecule has 0 aromatic rings. The quantitative estimate of drug-likeness (QED) is 0.437. The van der Waals surface area contributed by atoms with Crippen molar-refractivity contribution in [3.05, 3.63) is 0 Å². The summed E-state index contributed by atoms with van der Waals surface area (Å²) < 4.78 is 15.6. The van der Waals surface area contributed by atoms with Crippen molar-refractivity contribution in [2.75, 3.05) is 26.4 Å². The van der Waals surface area contributed by atoms with Crippen LogP contribution in [0.3, 0.4) is 0 Å². The fourth-order valence-corrected chi connectivity index (χ4v) is 0.997. The van der Waals surface area contributed by atoms with Gasteiger partial charge in [0.1, 0.15) is 6.61 Å². The summed E-state index contributed by atoms with van der Waals surface area (Å²) in [7, 11) is 0. The minimum atomic E-state index is -0.212. The summed E-state index contributed by atoms with van der Waals surface area (Å²) >= 11 is 0. The van der Waals surface area contributed by atoms with Crippen LogP contribution in [0.5, 0.6) is 0 Å². The summed E-state index contributed by atoms with van der Waals surface area (Å²) in [5.41, 5.74) is 0. The van der Waals surface area contributed by atoms with Crippen LogP contribution in [0.1, 0.15) is 6.42 Å². The third kappa shape index (κ3) is 1.08. The second-order valence-electron chi connectivity index (χ2n) is 2.41. The average molecular weight is 130 g/mol. The molecule has 0 aromatic carbocycles. The lowest BCUT2D eigenvalue weighted by Gasteiger charge is -2.04. The molecule has 52 valence electrons. The molecule has 9 heavy (non-hydrogen) atoms. The van der Waals surface area contributed by atoms with Crippen LogP contribution in [0.2, 0.25) is 0 Å². The molecule has 3 heteroatoms. The van der Waals surface area contributed by atoms with Gasteiger partial charge in [-0.05, 0) is 0 Å². The van der Waals surface area contributed by atoms with E-state index in [2.05, 4.69) is 0 Å². The molecule has 2 saturated heterocycles. The molecule has 2 aliphatic rings. The molecule has 2 heterocycles. The van der Waals surface area contributed by atoms with Crippen LogP contribution in [0.25, 0.3) is 0 Å². The van der Waals surface area contributed by atoms with Crippen molar-refractivity contribution in [2.24, 2.45) is 0 Å². The molecule has 0 aliphatic carbocycles. The Morgan fingerprint density at radius 3 is 2.67 bits per heavy atom. The van der Waals surface area contributed by atoms with E-state index in [0.29, 0.717) is 13.2 Å². The van der Waals surface area contributed by atoms with Crippen molar-refractivity contribution in [1.29, 1.82) is 0 Å². The van der Waals surface area contributed by atoms with E-state index in [4.69, 9.17) is 14.2 Å². The van der Waals surface area contributed by atoms with E-state index in [0.717, 1.165) is 19.6 Å². The van der Waals surface area contributed by atoms with E-state index in [1.807, 2.05) is 0 Å². The fraction of sp³-hybridized carbons (Fsp3) is 1.00. The standard InChI is InChI=1S/C6H10O3/c1-2-7-3-4-8-6(1)5-9-6/h1-5H2. The van der Waals surface area contributed by atoms with Gasteiger partial charge in [0.05, 0.1) is 19.8 Å². The third-order valence-corrected chi connectivity index (χ3v) is 1.69. The molecule has 1 unspecified atom stereocenters. The Kier molecular flexibility index (Phi) is 1.22. The van der Waals surface area contributed by atoms with Crippen LogP contribution in [0.15, 0.2) is 0 Å². The van der Waals surface area contributed by atoms with E-state index in [9.17, 15) is 0 Å². The molecule has 0 bridgehead atoms. The monoisotopic (exact) mass is 130 g/mol. The molecule has 1 atom stereocenters. The minimum absolute atomic E-state index is 0.212. The van der Waals surface area contributed by atoms with Gasteiger partial charge in [-0.2, -0.15) is 0 Å². The number of epoxide rings is 1. The van der Waals surface area contributed by atoms with E-state index in [1.165, 1.54) is 0 Å². The van der Waals surface area contributed by atoms with Crippen LogP contribution in [0.4, 0.5) is 0 Å². The Balaban J connectivity index is 1.92. The first-order valence-electron chi connectivity index (χ1n) is 3.27. The number of hydrogen-bond donors (Lipinski definition) is 0. The van der Waals surface area contributed by atoms with Gasteiger partial charge in [-0.3, -0.25) is 0 Å². The molecule has 0 radical (unpaired) electrons. The molecule has 0 aromatic heterocycles. The zero-order chi connectivity index (χ0) is 6.16. The van der Waals surface area contributed by atoms with Crippen molar-refractivity contribution in [2.45, 2.75) is 12.2 Å². The van der Waals surface area contributed by atoms with E-state index in [1.54, 1.807) is 0 Å². The summed E-state index contributed by atoms with van der Waals surface area (Å²) in [4.78, 5) is 0. The van der Waals surface area contributed by atoms with Gasteiger partial charge in [0.15, 0.2) is 5.79 Å². The van der Waals surface area contributed by atoms with E-state index < -0.39 is 0 Å². The maximum Gasteiger partial charge on any atom is 0.194 e. The molecule has 0 N–H and O–H groups in total. The van der Waals surface area contributed by atoms with Gasteiger partial charge in [0.2, 0.25) is 0 Å². The Labute approximate surface area is 53.9 Å². The summed E-state index contributed by atoms with van der Waals surface area (Å²) in [6.45, 7) is 2.93. The number of hydrogen-bond acceptors (Lipinski definition) is 3. The van der Waals surface area contributed by atoms with Gasteiger partial charge >= 0.3 is 0 Å². The van der Waals surface area contributed by atoms with Gasteiger partial charge in [-0.15, -0.1) is 0 Å². The first-order valence-corrected chi connectivity index (χ1v) is 3.27. The lowest BCUT2D eigenvalue weighted by atomic mass is 10.3. The highest BCUT2D eigenvalue weighted by molar-refractivity contribution is 4.82. The van der Waals surface area contributed by atoms with Crippen LogP contribution < -0.4 is 0 Å². The Hall–Kier alpha value is -0.120. The maximum atomic E-state index is 5.35. The van der Waals surface area contributed by atoms with Crippen LogP contribution in [0, 0.1) is 0 Å². The van der Waals surface area contributed by atoms with Gasteiger partial charge in [0.25, 0.3) is 0 Å². The molecule has 0 saturated carbocycles. The van der Waals surface area contributed by atoms with Crippen molar-refractivity contribution < 1.29 is 14.2 Å². The highest BCUT2D eigenvalue weighted by Gasteiger charge is 2.46. The predicted molar refractivity (Wildman–Crippen MR) is 30.1 cm³/mol. The first-order chi connectivity index (χ1) is 4.41. The van der Waals surface area contributed by atoms with Crippen LogP contribution >= 0.6 is 0 Å². The van der Waals surface area contributed by atoms with E-state index >= 15 is 0 Å². The summed E-state index contributed by atoms with van der Waals surface area (Å²) in [6.07, 6.45) is 0.896. The summed E-state index contributed by atoms with van der Waals surface area (Å²) in [5, 5.41) is 0. The zero-order valence-electron chi connectivity index (χ0n) is 5.26. The predicted octanol–water partition coefficient (Wildman–Crippen LogP) is 0.150. The molecule has 2 rings (SSSR count). The van der Waals surface area contributed by atoms with Crippen molar-refractivity contribution in [1.82, 2.24) is 0 Å². The van der Waals surface area contributed by atoms with Gasteiger partial charge in [-0.1, -0.05) is 0 Å². The zero-order valence-corrected chi connectivity index (χ0v) is 5.26. The van der Waals surface area contributed by atoms with Gasteiger partial charge in [-0.25, -0.2) is 0 Å². The number of rotatable bonds is 0. The SMILES string of the molecule is C1COC2(CCO1)CO2. The lowest BCUT2D eigenvalue weighted by Crippen LogP contribution is -2.15. The number of ether oxygens (including phenoxy) is 3. The largest absolute Gasteiger partial charge is 0.379 e. The third-order valence-electron chi connectivity index (χ3n) is 1.69. The molecule has 3 nitrogen and oxygen atoms in total. The van der Waals surface area contributed by atoms with Crippen molar-refractivity contribution in [3.8, 4) is 0 Å². The molecule has 1 spiro atoms. The van der Waals surface area contributed by atoms with Crippen molar-refractivity contribution in [3.63, 3.8) is 0 Å². The Morgan fingerprint density at radius 1 is 1.00 bits per heavy atom. The first kappa shape index (κ1) is 5.65. The molecular weight excluding hydrogens is 120 g/mol. The average Bonchev–Trinajstić information content (AvgIpc) is 2.64. The molecule has 2 fully saturated rings. The highest BCUT2D eigenvalue weighted by Crippen LogP contribution is 2.33. The highest BCUT2D eigenvalue weighted by atomic mass is 16.8. The van der Waals surface area contributed by atoms with Gasteiger partial charge in [0, 0.05) is 6.42 Å². The Morgan fingerprint density at radius 2 is 1.89 bits per heavy atom. The topological polar surface area (TPSA) is 31.0 Å². The maximum absolute atomic E-state index is 5.35. The normalized spacial score (nSPS) is 42.7.